The van der Waals surface area contributed by atoms with Gasteiger partial charge in [-0.1, -0.05) is 0 Å². The molecule has 2 heterocycles. The number of hydrogen-bond donors (Lipinski definition) is 1. The Kier molecular flexibility index (Phi) is 3.73. The van der Waals surface area contributed by atoms with Crippen molar-refractivity contribution >= 4 is 5.82 Å². The van der Waals surface area contributed by atoms with Gasteiger partial charge < -0.3 is 10.1 Å². The van der Waals surface area contributed by atoms with Crippen molar-refractivity contribution in [2.45, 2.75) is 39.2 Å². The molecule has 0 atom stereocenters. The zero-order valence-electron chi connectivity index (χ0n) is 12.7. The van der Waals surface area contributed by atoms with Crippen LogP contribution in [0.3, 0.4) is 0 Å². The number of nitrogens with zero attached hydrogens (tertiary/aromatic N) is 3. The standard InChI is InChI=1S/C16H20N4O/c1-10-6-11(2)20-16(21-3)13(10)8-17-15-7-14(12-4-5-12)18-9-19-15/h6-7,9,12H,4-5,8H2,1-3H3,(H,17,18,19). The molecule has 5 nitrogen and oxygen atoms in total. The Morgan fingerprint density at radius 1 is 1.24 bits per heavy atom. The van der Waals surface area contributed by atoms with Crippen LogP contribution >= 0.6 is 0 Å². The Morgan fingerprint density at radius 3 is 2.76 bits per heavy atom. The molecule has 3 rings (SSSR count). The van der Waals surface area contributed by atoms with E-state index >= 15 is 0 Å². The first-order valence-electron chi connectivity index (χ1n) is 7.24. The molecule has 1 N–H and O–H groups in total. The molecule has 1 aliphatic carbocycles. The number of methoxy groups -OCH3 is 1. The van der Waals surface area contributed by atoms with E-state index in [0.29, 0.717) is 18.3 Å². The molecule has 2 aromatic heterocycles. The lowest BCUT2D eigenvalue weighted by atomic mass is 10.1. The molecular weight excluding hydrogens is 264 g/mol. The lowest BCUT2D eigenvalue weighted by molar-refractivity contribution is 0.391. The summed E-state index contributed by atoms with van der Waals surface area (Å²) in [6.45, 7) is 4.69. The first kappa shape index (κ1) is 13.8. The summed E-state index contributed by atoms with van der Waals surface area (Å²) in [6.07, 6.45) is 4.12. The number of rotatable bonds is 5. The van der Waals surface area contributed by atoms with Crippen molar-refractivity contribution in [3.63, 3.8) is 0 Å². The van der Waals surface area contributed by atoms with Gasteiger partial charge in [-0.2, -0.15) is 0 Å². The second-order valence-corrected chi connectivity index (χ2v) is 5.52. The fourth-order valence-corrected chi connectivity index (χ4v) is 2.46. The summed E-state index contributed by atoms with van der Waals surface area (Å²) in [5.74, 6) is 2.16. The number of hydrogen-bond acceptors (Lipinski definition) is 5. The quantitative estimate of drug-likeness (QED) is 0.914. The summed E-state index contributed by atoms with van der Waals surface area (Å²) in [6, 6.07) is 4.11. The molecule has 2 aromatic rings. The average molecular weight is 284 g/mol. The SMILES string of the molecule is COc1nc(C)cc(C)c1CNc1cc(C2CC2)ncn1. The first-order valence-corrected chi connectivity index (χ1v) is 7.24. The molecule has 1 saturated carbocycles. The highest BCUT2D eigenvalue weighted by atomic mass is 16.5. The minimum absolute atomic E-state index is 0.630. The van der Waals surface area contributed by atoms with E-state index in [0.717, 1.165) is 22.8 Å². The van der Waals surface area contributed by atoms with Crippen molar-refractivity contribution in [3.8, 4) is 5.88 Å². The number of pyridine rings is 1. The molecule has 5 heteroatoms. The fraction of sp³-hybridized carbons (Fsp3) is 0.438. The number of aryl methyl sites for hydroxylation is 2. The minimum Gasteiger partial charge on any atom is -0.481 e. The van der Waals surface area contributed by atoms with Gasteiger partial charge in [0, 0.05) is 35.5 Å². The predicted molar refractivity (Wildman–Crippen MR) is 81.6 cm³/mol. The van der Waals surface area contributed by atoms with E-state index < -0.39 is 0 Å². The van der Waals surface area contributed by atoms with Crippen LogP contribution in [0.5, 0.6) is 5.88 Å². The van der Waals surface area contributed by atoms with Crippen LogP contribution in [0.1, 0.15) is 41.3 Å². The van der Waals surface area contributed by atoms with Gasteiger partial charge in [0.25, 0.3) is 0 Å². The van der Waals surface area contributed by atoms with Crippen LogP contribution in [0.25, 0.3) is 0 Å². The number of ether oxygens (including phenoxy) is 1. The van der Waals surface area contributed by atoms with Crippen molar-refractivity contribution in [1.29, 1.82) is 0 Å². The molecule has 0 amide bonds. The van der Waals surface area contributed by atoms with E-state index in [4.69, 9.17) is 4.74 Å². The summed E-state index contributed by atoms with van der Waals surface area (Å²) in [5, 5.41) is 3.35. The van der Waals surface area contributed by atoms with Crippen molar-refractivity contribution in [1.82, 2.24) is 15.0 Å². The summed E-state index contributed by atoms with van der Waals surface area (Å²) >= 11 is 0. The van der Waals surface area contributed by atoms with Crippen molar-refractivity contribution < 1.29 is 4.74 Å². The van der Waals surface area contributed by atoms with Crippen molar-refractivity contribution in [2.75, 3.05) is 12.4 Å². The van der Waals surface area contributed by atoms with Crippen LogP contribution < -0.4 is 10.1 Å². The number of aromatic nitrogens is 3. The maximum Gasteiger partial charge on any atom is 0.218 e. The lowest BCUT2D eigenvalue weighted by Crippen LogP contribution is -2.07. The Bertz CT molecular complexity index is 653. The van der Waals surface area contributed by atoms with Gasteiger partial charge in [-0.15, -0.1) is 0 Å². The maximum atomic E-state index is 5.38. The van der Waals surface area contributed by atoms with E-state index in [1.807, 2.05) is 13.0 Å². The maximum absolute atomic E-state index is 5.38. The van der Waals surface area contributed by atoms with E-state index in [1.165, 1.54) is 18.4 Å². The molecule has 0 saturated heterocycles. The Labute approximate surface area is 124 Å². The lowest BCUT2D eigenvalue weighted by Gasteiger charge is -2.13. The fourth-order valence-electron chi connectivity index (χ4n) is 2.46. The zero-order chi connectivity index (χ0) is 14.8. The highest BCUT2D eigenvalue weighted by molar-refractivity contribution is 5.42. The molecule has 110 valence electrons. The molecule has 0 unspecified atom stereocenters. The van der Waals surface area contributed by atoms with Gasteiger partial charge in [0.2, 0.25) is 5.88 Å². The van der Waals surface area contributed by atoms with Crippen LogP contribution in [-0.2, 0) is 6.54 Å². The number of anilines is 1. The smallest absolute Gasteiger partial charge is 0.218 e. The second kappa shape index (κ2) is 5.68. The van der Waals surface area contributed by atoms with E-state index in [-0.39, 0.29) is 0 Å². The molecule has 0 aromatic carbocycles. The zero-order valence-corrected chi connectivity index (χ0v) is 12.7. The molecule has 1 fully saturated rings. The van der Waals surface area contributed by atoms with Gasteiger partial charge in [0.05, 0.1) is 7.11 Å². The van der Waals surface area contributed by atoms with E-state index in [1.54, 1.807) is 13.4 Å². The predicted octanol–water partition coefficient (Wildman–Crippen LogP) is 2.99. The molecule has 0 aliphatic heterocycles. The summed E-state index contributed by atoms with van der Waals surface area (Å²) in [7, 11) is 1.65. The molecule has 0 bridgehead atoms. The Morgan fingerprint density at radius 2 is 2.05 bits per heavy atom. The topological polar surface area (TPSA) is 59.9 Å². The third kappa shape index (κ3) is 3.12. The van der Waals surface area contributed by atoms with E-state index in [9.17, 15) is 0 Å². The minimum atomic E-state index is 0.630. The summed E-state index contributed by atoms with van der Waals surface area (Å²) in [4.78, 5) is 13.0. The van der Waals surface area contributed by atoms with Gasteiger partial charge in [0.1, 0.15) is 12.1 Å². The normalized spacial score (nSPS) is 14.0. The number of nitrogens with one attached hydrogen (secondary N) is 1. The van der Waals surface area contributed by atoms with Crippen LogP contribution in [-0.4, -0.2) is 22.1 Å². The Balaban J connectivity index is 1.77. The van der Waals surface area contributed by atoms with Gasteiger partial charge >= 0.3 is 0 Å². The van der Waals surface area contributed by atoms with Crippen LogP contribution in [0, 0.1) is 13.8 Å². The third-order valence-electron chi connectivity index (χ3n) is 3.76. The third-order valence-corrected chi connectivity index (χ3v) is 3.76. The molecule has 21 heavy (non-hydrogen) atoms. The average Bonchev–Trinajstić information content (AvgIpc) is 3.30. The van der Waals surface area contributed by atoms with Gasteiger partial charge in [0.15, 0.2) is 0 Å². The second-order valence-electron chi connectivity index (χ2n) is 5.52. The van der Waals surface area contributed by atoms with Gasteiger partial charge in [-0.05, 0) is 38.3 Å². The summed E-state index contributed by atoms with van der Waals surface area (Å²) < 4.78 is 5.38. The van der Waals surface area contributed by atoms with Gasteiger partial charge in [-0.25, -0.2) is 15.0 Å². The molecule has 0 spiro atoms. The highest BCUT2D eigenvalue weighted by Gasteiger charge is 2.25. The monoisotopic (exact) mass is 284 g/mol. The van der Waals surface area contributed by atoms with Crippen molar-refractivity contribution in [3.05, 3.63) is 41.0 Å². The van der Waals surface area contributed by atoms with Crippen LogP contribution in [0.4, 0.5) is 5.82 Å². The van der Waals surface area contributed by atoms with Gasteiger partial charge in [-0.3, -0.25) is 0 Å². The molecule has 1 aliphatic rings. The van der Waals surface area contributed by atoms with Crippen LogP contribution in [0.15, 0.2) is 18.5 Å². The first-order chi connectivity index (χ1) is 10.2. The highest BCUT2D eigenvalue weighted by Crippen LogP contribution is 2.39. The molecular formula is C16H20N4O. The van der Waals surface area contributed by atoms with Crippen LogP contribution in [0.2, 0.25) is 0 Å². The van der Waals surface area contributed by atoms with Crippen molar-refractivity contribution in [2.24, 2.45) is 0 Å². The largest absolute Gasteiger partial charge is 0.481 e. The van der Waals surface area contributed by atoms with E-state index in [2.05, 4.69) is 33.3 Å². The Hall–Kier alpha value is -2.17. The molecule has 0 radical (unpaired) electrons. The summed E-state index contributed by atoms with van der Waals surface area (Å²) in [5.41, 5.74) is 4.34.